The van der Waals surface area contributed by atoms with Crippen LogP contribution in [0.15, 0.2) is 42.1 Å². The summed E-state index contributed by atoms with van der Waals surface area (Å²) in [7, 11) is 0. The van der Waals surface area contributed by atoms with E-state index >= 15 is 0 Å². The lowest BCUT2D eigenvalue weighted by Gasteiger charge is -2.12. The van der Waals surface area contributed by atoms with E-state index in [0.717, 1.165) is 11.4 Å². The van der Waals surface area contributed by atoms with Gasteiger partial charge < -0.3 is 9.88 Å². The van der Waals surface area contributed by atoms with Crippen molar-refractivity contribution < 1.29 is 4.79 Å². The highest BCUT2D eigenvalue weighted by Gasteiger charge is 2.19. The second-order valence-electron chi connectivity index (χ2n) is 4.85. The summed E-state index contributed by atoms with van der Waals surface area (Å²) in [6.45, 7) is 8.61. The van der Waals surface area contributed by atoms with Crippen molar-refractivity contribution in [3.05, 3.63) is 41.9 Å². The van der Waals surface area contributed by atoms with Gasteiger partial charge in [0.2, 0.25) is 5.91 Å². The Bertz CT molecular complexity index is 701. The summed E-state index contributed by atoms with van der Waals surface area (Å²) < 4.78 is 1.98. The molecule has 122 valence electrons. The molecule has 7 heteroatoms. The minimum Gasteiger partial charge on any atom is -0.352 e. The van der Waals surface area contributed by atoms with Crippen molar-refractivity contribution in [3.8, 4) is 11.4 Å². The number of carbonyl (C=O) groups is 1. The Balaban J connectivity index is 2.21. The Morgan fingerprint density at radius 3 is 2.96 bits per heavy atom. The summed E-state index contributed by atoms with van der Waals surface area (Å²) in [6, 6.07) is 7.49. The van der Waals surface area contributed by atoms with Crippen LogP contribution in [0.2, 0.25) is 5.02 Å². The summed E-state index contributed by atoms with van der Waals surface area (Å²) in [5.74, 6) is 0.695. The monoisotopic (exact) mass is 350 g/mol. The van der Waals surface area contributed by atoms with Crippen molar-refractivity contribution in [2.45, 2.75) is 30.8 Å². The summed E-state index contributed by atoms with van der Waals surface area (Å²) >= 11 is 7.43. The van der Waals surface area contributed by atoms with E-state index in [1.165, 1.54) is 11.8 Å². The third-order valence-corrected chi connectivity index (χ3v) is 4.50. The molecule has 1 aromatic carbocycles. The molecule has 0 saturated heterocycles. The average Bonchev–Trinajstić information content (AvgIpc) is 2.95. The number of halogens is 1. The maximum atomic E-state index is 12.0. The molecule has 0 aliphatic rings. The molecule has 5 nitrogen and oxygen atoms in total. The summed E-state index contributed by atoms with van der Waals surface area (Å²) in [6.07, 6.45) is 1.65. The van der Waals surface area contributed by atoms with Crippen molar-refractivity contribution in [2.24, 2.45) is 0 Å². The van der Waals surface area contributed by atoms with Gasteiger partial charge in [0.25, 0.3) is 0 Å². The Hall–Kier alpha value is -1.79. The molecule has 2 rings (SSSR count). The van der Waals surface area contributed by atoms with Crippen molar-refractivity contribution in [1.82, 2.24) is 20.1 Å². The highest BCUT2D eigenvalue weighted by molar-refractivity contribution is 8.00. The first kappa shape index (κ1) is 17.6. The number of amides is 1. The normalized spacial score (nSPS) is 12.0. The molecular weight excluding hydrogens is 332 g/mol. The molecule has 0 aliphatic carbocycles. The molecule has 1 heterocycles. The first-order valence-corrected chi connectivity index (χ1v) is 8.57. The van der Waals surface area contributed by atoms with Gasteiger partial charge in [-0.25, -0.2) is 0 Å². The third kappa shape index (κ3) is 4.36. The van der Waals surface area contributed by atoms with E-state index in [9.17, 15) is 4.79 Å². The van der Waals surface area contributed by atoms with Crippen LogP contribution in [0.4, 0.5) is 0 Å². The highest BCUT2D eigenvalue weighted by Crippen LogP contribution is 2.27. The van der Waals surface area contributed by atoms with Gasteiger partial charge in [-0.2, -0.15) is 0 Å². The van der Waals surface area contributed by atoms with Gasteiger partial charge in [0.05, 0.1) is 5.25 Å². The molecule has 0 saturated carbocycles. The first-order chi connectivity index (χ1) is 11.1. The minimum absolute atomic E-state index is 0.0511. The van der Waals surface area contributed by atoms with E-state index in [0.29, 0.717) is 23.3 Å². The molecule has 0 fully saturated rings. The number of benzene rings is 1. The average molecular weight is 351 g/mol. The van der Waals surface area contributed by atoms with E-state index in [4.69, 9.17) is 11.6 Å². The van der Waals surface area contributed by atoms with Crippen LogP contribution in [0.3, 0.4) is 0 Å². The van der Waals surface area contributed by atoms with Gasteiger partial charge in [0.1, 0.15) is 0 Å². The topological polar surface area (TPSA) is 59.8 Å². The van der Waals surface area contributed by atoms with Gasteiger partial charge in [0.15, 0.2) is 11.0 Å². The summed E-state index contributed by atoms with van der Waals surface area (Å²) in [4.78, 5) is 12.0. The Labute approximate surface area is 145 Å². The molecule has 1 aromatic heterocycles. The SMILES string of the molecule is C=CCNC(=O)C(C)Sc1nnc(-c2cccc(Cl)c2)n1CC. The molecule has 0 bridgehead atoms. The fourth-order valence-corrected chi connectivity index (χ4v) is 3.16. The molecular formula is C16H19ClN4OS. The van der Waals surface area contributed by atoms with E-state index in [2.05, 4.69) is 22.1 Å². The smallest absolute Gasteiger partial charge is 0.233 e. The lowest BCUT2D eigenvalue weighted by molar-refractivity contribution is -0.120. The number of nitrogens with zero attached hydrogens (tertiary/aromatic N) is 3. The van der Waals surface area contributed by atoms with Crippen LogP contribution in [-0.4, -0.2) is 32.5 Å². The van der Waals surface area contributed by atoms with Gasteiger partial charge in [-0.3, -0.25) is 4.79 Å². The first-order valence-electron chi connectivity index (χ1n) is 7.31. The van der Waals surface area contributed by atoms with Gasteiger partial charge in [-0.05, 0) is 26.0 Å². The third-order valence-electron chi connectivity index (χ3n) is 3.19. The molecule has 0 radical (unpaired) electrons. The Morgan fingerprint density at radius 2 is 2.30 bits per heavy atom. The molecule has 2 aromatic rings. The Kier molecular flexibility index (Phi) is 6.24. The van der Waals surface area contributed by atoms with Crippen LogP contribution in [0, 0.1) is 0 Å². The second-order valence-corrected chi connectivity index (χ2v) is 6.60. The predicted molar refractivity (Wildman–Crippen MR) is 94.7 cm³/mol. The molecule has 23 heavy (non-hydrogen) atoms. The van der Waals surface area contributed by atoms with Crippen LogP contribution in [0.5, 0.6) is 0 Å². The zero-order chi connectivity index (χ0) is 16.8. The summed E-state index contributed by atoms with van der Waals surface area (Å²) in [5.41, 5.74) is 0.905. The van der Waals surface area contributed by atoms with E-state index in [-0.39, 0.29) is 11.2 Å². The number of carbonyl (C=O) groups excluding carboxylic acids is 1. The minimum atomic E-state index is -0.267. The number of rotatable bonds is 7. The number of hydrogen-bond acceptors (Lipinski definition) is 4. The predicted octanol–water partition coefficient (Wildman–Crippen LogP) is 3.40. The molecule has 1 atom stereocenters. The molecule has 1 unspecified atom stereocenters. The van der Waals surface area contributed by atoms with Gasteiger partial charge in [-0.1, -0.05) is 41.6 Å². The van der Waals surface area contributed by atoms with Gasteiger partial charge in [0, 0.05) is 23.7 Å². The van der Waals surface area contributed by atoms with Crippen LogP contribution in [-0.2, 0) is 11.3 Å². The fraction of sp³-hybridized carbons (Fsp3) is 0.312. The van der Waals surface area contributed by atoms with Crippen molar-refractivity contribution >= 4 is 29.3 Å². The van der Waals surface area contributed by atoms with Crippen molar-refractivity contribution in [2.75, 3.05) is 6.54 Å². The summed E-state index contributed by atoms with van der Waals surface area (Å²) in [5, 5.41) is 12.4. The lowest BCUT2D eigenvalue weighted by Crippen LogP contribution is -2.31. The number of hydrogen-bond donors (Lipinski definition) is 1. The van der Waals surface area contributed by atoms with Crippen molar-refractivity contribution in [3.63, 3.8) is 0 Å². The molecule has 0 spiro atoms. The van der Waals surface area contributed by atoms with E-state index in [1.54, 1.807) is 6.08 Å². The standard InChI is InChI=1S/C16H19ClN4OS/c1-4-9-18-15(22)11(3)23-16-20-19-14(21(16)5-2)12-7-6-8-13(17)10-12/h4,6-8,10-11H,1,5,9H2,2-3H3,(H,18,22). The maximum absolute atomic E-state index is 12.0. The number of thioether (sulfide) groups is 1. The lowest BCUT2D eigenvalue weighted by atomic mass is 10.2. The maximum Gasteiger partial charge on any atom is 0.233 e. The zero-order valence-electron chi connectivity index (χ0n) is 13.1. The number of nitrogens with one attached hydrogen (secondary N) is 1. The zero-order valence-corrected chi connectivity index (χ0v) is 14.7. The second kappa shape index (κ2) is 8.17. The van der Waals surface area contributed by atoms with Gasteiger partial charge >= 0.3 is 0 Å². The van der Waals surface area contributed by atoms with Crippen LogP contribution in [0.1, 0.15) is 13.8 Å². The van der Waals surface area contributed by atoms with Gasteiger partial charge in [-0.15, -0.1) is 16.8 Å². The molecule has 0 aliphatic heterocycles. The largest absolute Gasteiger partial charge is 0.352 e. The highest BCUT2D eigenvalue weighted by atomic mass is 35.5. The molecule has 1 amide bonds. The quantitative estimate of drug-likeness (QED) is 0.614. The fourth-order valence-electron chi connectivity index (χ4n) is 2.03. The van der Waals surface area contributed by atoms with E-state index < -0.39 is 0 Å². The Morgan fingerprint density at radius 1 is 1.52 bits per heavy atom. The van der Waals surface area contributed by atoms with Crippen LogP contribution >= 0.6 is 23.4 Å². The van der Waals surface area contributed by atoms with Crippen LogP contribution in [0.25, 0.3) is 11.4 Å². The number of aromatic nitrogens is 3. The van der Waals surface area contributed by atoms with Crippen LogP contribution < -0.4 is 5.32 Å². The molecule has 1 N–H and O–H groups in total. The van der Waals surface area contributed by atoms with E-state index in [1.807, 2.05) is 42.7 Å². The van der Waals surface area contributed by atoms with Crippen molar-refractivity contribution in [1.29, 1.82) is 0 Å².